The first-order valence-corrected chi connectivity index (χ1v) is 8.43. The number of hydrogen-bond acceptors (Lipinski definition) is 6. The fraction of sp³-hybridized carbons (Fsp3) is 0.312. The minimum Gasteiger partial charge on any atom is -0.300 e. The highest BCUT2D eigenvalue weighted by Gasteiger charge is 2.28. The van der Waals surface area contributed by atoms with Crippen LogP contribution in [0.4, 0.5) is 5.13 Å². The largest absolute Gasteiger partial charge is 0.300 e. The fourth-order valence-corrected chi connectivity index (χ4v) is 3.20. The molecular formula is C16H16N4O3S. The van der Waals surface area contributed by atoms with E-state index in [-0.39, 0.29) is 43.5 Å². The van der Waals surface area contributed by atoms with Gasteiger partial charge in [0.25, 0.3) is 0 Å². The van der Waals surface area contributed by atoms with E-state index >= 15 is 0 Å². The van der Waals surface area contributed by atoms with Crippen LogP contribution in [-0.2, 0) is 20.8 Å². The van der Waals surface area contributed by atoms with Gasteiger partial charge in [0.15, 0.2) is 0 Å². The molecule has 24 heavy (non-hydrogen) atoms. The molecule has 2 aromatic rings. The van der Waals surface area contributed by atoms with Crippen molar-refractivity contribution in [3.8, 4) is 0 Å². The Kier molecular flexibility index (Phi) is 4.95. The molecule has 0 unspecified atom stereocenters. The molecule has 124 valence electrons. The van der Waals surface area contributed by atoms with Crippen molar-refractivity contribution in [2.75, 3.05) is 11.9 Å². The molecule has 0 aliphatic carbocycles. The summed E-state index contributed by atoms with van der Waals surface area (Å²) in [7, 11) is 0. The number of hydrogen-bond donors (Lipinski definition) is 1. The van der Waals surface area contributed by atoms with E-state index in [0.29, 0.717) is 11.6 Å². The number of benzene rings is 1. The van der Waals surface area contributed by atoms with E-state index in [1.165, 1.54) is 11.3 Å². The molecular weight excluding hydrogens is 328 g/mol. The minimum atomic E-state index is -0.287. The van der Waals surface area contributed by atoms with Crippen LogP contribution in [-0.4, -0.2) is 39.4 Å². The fourth-order valence-electron chi connectivity index (χ4n) is 2.41. The highest BCUT2D eigenvalue weighted by molar-refractivity contribution is 7.15. The van der Waals surface area contributed by atoms with Crippen molar-refractivity contribution in [3.63, 3.8) is 0 Å². The zero-order valence-corrected chi connectivity index (χ0v) is 13.7. The second kappa shape index (κ2) is 7.31. The molecule has 0 atom stereocenters. The van der Waals surface area contributed by atoms with Crippen molar-refractivity contribution in [1.29, 1.82) is 0 Å². The van der Waals surface area contributed by atoms with Gasteiger partial charge in [-0.3, -0.25) is 19.3 Å². The van der Waals surface area contributed by atoms with Gasteiger partial charge in [-0.25, -0.2) is 0 Å². The third kappa shape index (κ3) is 4.02. The number of rotatable bonds is 6. The van der Waals surface area contributed by atoms with Gasteiger partial charge in [-0.1, -0.05) is 41.7 Å². The van der Waals surface area contributed by atoms with Gasteiger partial charge in [0.2, 0.25) is 22.9 Å². The molecule has 0 radical (unpaired) electrons. The summed E-state index contributed by atoms with van der Waals surface area (Å²) in [6.45, 7) is 0.110. The van der Waals surface area contributed by atoms with E-state index in [2.05, 4.69) is 15.5 Å². The number of nitrogens with one attached hydrogen (secondary N) is 1. The van der Waals surface area contributed by atoms with Crippen LogP contribution in [0.25, 0.3) is 0 Å². The molecule has 1 aliphatic rings. The number of anilines is 1. The summed E-state index contributed by atoms with van der Waals surface area (Å²) in [4.78, 5) is 36.0. The highest BCUT2D eigenvalue weighted by atomic mass is 32.1. The number of nitrogens with zero attached hydrogens (tertiary/aromatic N) is 3. The number of carbonyl (C=O) groups is 3. The average Bonchev–Trinajstić information content (AvgIpc) is 3.13. The molecule has 7 nitrogen and oxygen atoms in total. The lowest BCUT2D eigenvalue weighted by Gasteiger charge is -2.12. The van der Waals surface area contributed by atoms with Crippen LogP contribution in [0.5, 0.6) is 0 Å². The average molecular weight is 344 g/mol. The van der Waals surface area contributed by atoms with Gasteiger partial charge >= 0.3 is 0 Å². The van der Waals surface area contributed by atoms with Crippen molar-refractivity contribution in [2.24, 2.45) is 0 Å². The van der Waals surface area contributed by atoms with Crippen LogP contribution >= 0.6 is 11.3 Å². The smallest absolute Gasteiger partial charge is 0.229 e. The molecule has 0 spiro atoms. The molecule has 8 heteroatoms. The van der Waals surface area contributed by atoms with Crippen LogP contribution in [0.3, 0.4) is 0 Å². The first-order valence-electron chi connectivity index (χ1n) is 7.61. The van der Waals surface area contributed by atoms with Gasteiger partial charge in [0.1, 0.15) is 5.01 Å². The molecule has 1 fully saturated rings. The second-order valence-corrected chi connectivity index (χ2v) is 6.46. The minimum absolute atomic E-state index is 0.0606. The molecule has 3 amide bonds. The monoisotopic (exact) mass is 344 g/mol. The van der Waals surface area contributed by atoms with Gasteiger partial charge < -0.3 is 5.32 Å². The van der Waals surface area contributed by atoms with E-state index < -0.39 is 0 Å². The van der Waals surface area contributed by atoms with Crippen molar-refractivity contribution in [1.82, 2.24) is 15.1 Å². The van der Waals surface area contributed by atoms with Crippen molar-refractivity contribution in [3.05, 3.63) is 40.9 Å². The predicted molar refractivity (Wildman–Crippen MR) is 88.4 cm³/mol. The summed E-state index contributed by atoms with van der Waals surface area (Å²) >= 11 is 1.31. The quantitative estimate of drug-likeness (QED) is 0.804. The van der Waals surface area contributed by atoms with E-state index in [9.17, 15) is 14.4 Å². The Morgan fingerprint density at radius 3 is 2.54 bits per heavy atom. The zero-order valence-electron chi connectivity index (χ0n) is 12.9. The van der Waals surface area contributed by atoms with Crippen molar-refractivity contribution >= 4 is 34.2 Å². The molecule has 1 saturated heterocycles. The van der Waals surface area contributed by atoms with Gasteiger partial charge in [-0.05, 0) is 5.56 Å². The van der Waals surface area contributed by atoms with Crippen molar-refractivity contribution < 1.29 is 14.4 Å². The van der Waals surface area contributed by atoms with E-state index in [4.69, 9.17) is 0 Å². The number of amides is 3. The molecule has 0 saturated carbocycles. The molecule has 0 bridgehead atoms. The SMILES string of the molecule is O=C(CCN1C(=O)CCC1=O)Nc1nnc(Cc2ccccc2)s1. The molecule has 3 rings (SSSR count). The third-order valence-electron chi connectivity index (χ3n) is 3.63. The normalized spacial score (nSPS) is 14.2. The topological polar surface area (TPSA) is 92.3 Å². The van der Waals surface area contributed by atoms with E-state index in [1.807, 2.05) is 30.3 Å². The predicted octanol–water partition coefficient (Wildman–Crippen LogP) is 1.61. The number of likely N-dealkylation sites (tertiary alicyclic amines) is 1. The lowest BCUT2D eigenvalue weighted by Crippen LogP contribution is -2.32. The third-order valence-corrected chi connectivity index (χ3v) is 4.47. The summed E-state index contributed by atoms with van der Waals surface area (Å²) in [5, 5.41) is 11.9. The maximum absolute atomic E-state index is 11.9. The van der Waals surface area contributed by atoms with Gasteiger partial charge in [-0.15, -0.1) is 10.2 Å². The summed E-state index contributed by atoms with van der Waals surface area (Å²) < 4.78 is 0. The summed E-state index contributed by atoms with van der Waals surface area (Å²) in [5.74, 6) is -0.715. The lowest BCUT2D eigenvalue weighted by atomic mass is 10.2. The first kappa shape index (κ1) is 16.3. The molecule has 2 heterocycles. The van der Waals surface area contributed by atoms with Crippen LogP contribution in [0, 0.1) is 0 Å². The van der Waals surface area contributed by atoms with Crippen LogP contribution in [0.2, 0.25) is 0 Å². The Labute approximate surface area is 142 Å². The Balaban J connectivity index is 1.50. The van der Waals surface area contributed by atoms with E-state index in [0.717, 1.165) is 15.5 Å². The zero-order chi connectivity index (χ0) is 16.9. The Morgan fingerprint density at radius 1 is 1.12 bits per heavy atom. The van der Waals surface area contributed by atoms with Crippen LogP contribution in [0.1, 0.15) is 29.8 Å². The molecule has 1 aromatic carbocycles. The number of carbonyl (C=O) groups excluding carboxylic acids is 3. The Bertz CT molecular complexity index is 744. The molecule has 1 aromatic heterocycles. The van der Waals surface area contributed by atoms with Crippen LogP contribution < -0.4 is 5.32 Å². The summed E-state index contributed by atoms with van der Waals surface area (Å²) in [6, 6.07) is 9.87. The van der Waals surface area contributed by atoms with Gasteiger partial charge in [-0.2, -0.15) is 0 Å². The maximum Gasteiger partial charge on any atom is 0.229 e. The van der Waals surface area contributed by atoms with Gasteiger partial charge in [0.05, 0.1) is 0 Å². The number of aromatic nitrogens is 2. The highest BCUT2D eigenvalue weighted by Crippen LogP contribution is 2.19. The summed E-state index contributed by atoms with van der Waals surface area (Å²) in [6.07, 6.45) is 1.19. The maximum atomic E-state index is 11.9. The molecule has 1 aliphatic heterocycles. The first-order chi connectivity index (χ1) is 11.6. The Hall–Kier alpha value is -2.61. The Morgan fingerprint density at radius 2 is 1.83 bits per heavy atom. The van der Waals surface area contributed by atoms with Crippen molar-refractivity contribution in [2.45, 2.75) is 25.7 Å². The lowest BCUT2D eigenvalue weighted by molar-refractivity contribution is -0.138. The second-order valence-electron chi connectivity index (χ2n) is 5.40. The standard InChI is InChI=1S/C16H16N4O3S/c21-12(8-9-20-14(22)6-7-15(20)23)17-16-19-18-13(24-16)10-11-4-2-1-3-5-11/h1-5H,6-10H2,(H,17,19,21). The van der Waals surface area contributed by atoms with E-state index in [1.54, 1.807) is 0 Å². The number of imide groups is 1. The summed E-state index contributed by atoms with van der Waals surface area (Å²) in [5.41, 5.74) is 1.12. The van der Waals surface area contributed by atoms with Gasteiger partial charge in [0, 0.05) is 32.2 Å². The van der Waals surface area contributed by atoms with Crippen LogP contribution in [0.15, 0.2) is 30.3 Å². The molecule has 1 N–H and O–H groups in total.